The van der Waals surface area contributed by atoms with Crippen molar-refractivity contribution in [1.29, 1.82) is 0 Å². The van der Waals surface area contributed by atoms with E-state index in [-0.39, 0.29) is 5.75 Å². The summed E-state index contributed by atoms with van der Waals surface area (Å²) in [6.07, 6.45) is 0. The number of hydrogen-bond donors (Lipinski definition) is 1. The molecule has 0 spiro atoms. The van der Waals surface area contributed by atoms with Crippen molar-refractivity contribution in [3.8, 4) is 5.75 Å². The molecular formula is C8H7Br2F2NO. The Kier molecular flexibility index (Phi) is 4.28. The lowest BCUT2D eigenvalue weighted by Crippen LogP contribution is -2.04. The fourth-order valence-corrected chi connectivity index (χ4v) is 1.89. The quantitative estimate of drug-likeness (QED) is 0.923. The Balaban J connectivity index is 3.04. The van der Waals surface area contributed by atoms with E-state index in [2.05, 4.69) is 36.6 Å². The number of ether oxygens (including phenoxy) is 1. The lowest BCUT2D eigenvalue weighted by molar-refractivity contribution is -0.0504. The van der Waals surface area contributed by atoms with Crippen molar-refractivity contribution >= 4 is 31.9 Å². The molecule has 6 heteroatoms. The molecule has 0 saturated heterocycles. The monoisotopic (exact) mass is 329 g/mol. The highest BCUT2D eigenvalue weighted by atomic mass is 79.9. The molecule has 78 valence electrons. The fourth-order valence-electron chi connectivity index (χ4n) is 0.916. The standard InChI is InChI=1S/C8H7Br2F2NO/c9-6-4(3-13)1-2-5(7(6)10)14-8(11)12/h1-2,8H,3,13H2. The molecule has 0 aromatic heterocycles. The van der Waals surface area contributed by atoms with Gasteiger partial charge in [0.1, 0.15) is 5.75 Å². The molecule has 1 rings (SSSR count). The van der Waals surface area contributed by atoms with Gasteiger partial charge in [0, 0.05) is 11.0 Å². The predicted octanol–water partition coefficient (Wildman–Crippen LogP) is 3.27. The lowest BCUT2D eigenvalue weighted by atomic mass is 10.2. The minimum atomic E-state index is -2.83. The van der Waals surface area contributed by atoms with Crippen LogP contribution in [-0.4, -0.2) is 6.61 Å². The molecule has 0 unspecified atom stereocenters. The third kappa shape index (κ3) is 2.65. The molecule has 0 heterocycles. The second-order valence-corrected chi connectivity index (χ2v) is 4.02. The van der Waals surface area contributed by atoms with E-state index in [9.17, 15) is 8.78 Å². The van der Waals surface area contributed by atoms with Crippen molar-refractivity contribution in [1.82, 2.24) is 0 Å². The van der Waals surface area contributed by atoms with E-state index >= 15 is 0 Å². The summed E-state index contributed by atoms with van der Waals surface area (Å²) in [5, 5.41) is 0. The molecule has 0 radical (unpaired) electrons. The number of rotatable bonds is 3. The van der Waals surface area contributed by atoms with E-state index in [1.807, 2.05) is 0 Å². The van der Waals surface area contributed by atoms with Gasteiger partial charge < -0.3 is 10.5 Å². The van der Waals surface area contributed by atoms with Gasteiger partial charge in [0.15, 0.2) is 0 Å². The van der Waals surface area contributed by atoms with Crippen LogP contribution in [0.1, 0.15) is 5.56 Å². The van der Waals surface area contributed by atoms with Gasteiger partial charge >= 0.3 is 6.61 Å². The Morgan fingerprint density at radius 1 is 1.29 bits per heavy atom. The summed E-state index contributed by atoms with van der Waals surface area (Å²) < 4.78 is 29.2. The first kappa shape index (κ1) is 11.9. The zero-order chi connectivity index (χ0) is 10.7. The fraction of sp³-hybridized carbons (Fsp3) is 0.250. The number of alkyl halides is 2. The van der Waals surface area contributed by atoms with Gasteiger partial charge in [-0.3, -0.25) is 0 Å². The van der Waals surface area contributed by atoms with Crippen molar-refractivity contribution in [2.24, 2.45) is 5.73 Å². The molecule has 0 aliphatic rings. The summed E-state index contributed by atoms with van der Waals surface area (Å²) >= 11 is 6.37. The number of hydrogen-bond acceptors (Lipinski definition) is 2. The van der Waals surface area contributed by atoms with E-state index in [0.29, 0.717) is 15.5 Å². The number of nitrogens with two attached hydrogens (primary N) is 1. The van der Waals surface area contributed by atoms with E-state index < -0.39 is 6.61 Å². The molecular weight excluding hydrogens is 324 g/mol. The Morgan fingerprint density at radius 3 is 2.43 bits per heavy atom. The molecule has 2 nitrogen and oxygen atoms in total. The Hall–Kier alpha value is -0.200. The zero-order valence-corrected chi connectivity index (χ0v) is 10.1. The van der Waals surface area contributed by atoms with E-state index in [4.69, 9.17) is 5.73 Å². The van der Waals surface area contributed by atoms with Gasteiger partial charge in [-0.1, -0.05) is 6.07 Å². The average Bonchev–Trinajstić information content (AvgIpc) is 2.13. The normalized spacial score (nSPS) is 10.7. The van der Waals surface area contributed by atoms with Crippen LogP contribution in [0.3, 0.4) is 0 Å². The molecule has 0 aliphatic carbocycles. The topological polar surface area (TPSA) is 35.2 Å². The first-order valence-electron chi connectivity index (χ1n) is 3.68. The molecule has 1 aromatic carbocycles. The van der Waals surface area contributed by atoms with Crippen molar-refractivity contribution in [3.63, 3.8) is 0 Å². The highest BCUT2D eigenvalue weighted by Gasteiger charge is 2.12. The second kappa shape index (κ2) is 5.04. The second-order valence-electron chi connectivity index (χ2n) is 2.43. The molecule has 0 bridgehead atoms. The summed E-state index contributed by atoms with van der Waals surface area (Å²) in [6, 6.07) is 3.08. The van der Waals surface area contributed by atoms with Crippen molar-refractivity contribution in [3.05, 3.63) is 26.6 Å². The third-order valence-corrected chi connectivity index (χ3v) is 3.79. The lowest BCUT2D eigenvalue weighted by Gasteiger charge is -2.10. The molecule has 2 N–H and O–H groups in total. The molecule has 14 heavy (non-hydrogen) atoms. The van der Waals surface area contributed by atoms with Crippen LogP contribution in [0.4, 0.5) is 8.78 Å². The predicted molar refractivity (Wildman–Crippen MR) is 56.4 cm³/mol. The molecule has 0 amide bonds. The first-order chi connectivity index (χ1) is 6.56. The van der Waals surface area contributed by atoms with E-state index in [1.165, 1.54) is 6.07 Å². The maximum absolute atomic E-state index is 11.9. The maximum atomic E-state index is 11.9. The molecule has 0 saturated carbocycles. The maximum Gasteiger partial charge on any atom is 0.387 e. The van der Waals surface area contributed by atoms with Crippen LogP contribution in [-0.2, 0) is 6.54 Å². The minimum absolute atomic E-state index is 0.0871. The molecule has 1 aromatic rings. The summed E-state index contributed by atoms with van der Waals surface area (Å²) in [5.74, 6) is 0.0871. The summed E-state index contributed by atoms with van der Waals surface area (Å²) in [7, 11) is 0. The van der Waals surface area contributed by atoms with Crippen molar-refractivity contribution < 1.29 is 13.5 Å². The third-order valence-electron chi connectivity index (χ3n) is 1.56. The highest BCUT2D eigenvalue weighted by Crippen LogP contribution is 2.35. The van der Waals surface area contributed by atoms with Gasteiger partial charge in [0.05, 0.1) is 4.47 Å². The van der Waals surface area contributed by atoms with Crippen molar-refractivity contribution in [2.45, 2.75) is 13.2 Å². The molecule has 0 fully saturated rings. The van der Waals surface area contributed by atoms with E-state index in [1.54, 1.807) is 6.07 Å². The average molecular weight is 331 g/mol. The van der Waals surface area contributed by atoms with Crippen molar-refractivity contribution in [2.75, 3.05) is 0 Å². The Labute approximate surface area is 96.7 Å². The largest absolute Gasteiger partial charge is 0.434 e. The van der Waals surface area contributed by atoms with Crippen LogP contribution in [0.25, 0.3) is 0 Å². The first-order valence-corrected chi connectivity index (χ1v) is 5.26. The number of halogens is 4. The van der Waals surface area contributed by atoms with E-state index in [0.717, 1.165) is 5.56 Å². The minimum Gasteiger partial charge on any atom is -0.434 e. The Bertz CT molecular complexity index is 333. The number of benzene rings is 1. The van der Waals surface area contributed by atoms with Gasteiger partial charge in [0.2, 0.25) is 0 Å². The van der Waals surface area contributed by atoms with Crippen LogP contribution in [0.5, 0.6) is 5.75 Å². The van der Waals surface area contributed by atoms with Gasteiger partial charge in [-0.25, -0.2) is 0 Å². The Morgan fingerprint density at radius 2 is 1.93 bits per heavy atom. The summed E-state index contributed by atoms with van der Waals surface area (Å²) in [4.78, 5) is 0. The highest BCUT2D eigenvalue weighted by molar-refractivity contribution is 9.13. The van der Waals surface area contributed by atoms with Gasteiger partial charge in [0.25, 0.3) is 0 Å². The van der Waals surface area contributed by atoms with Crippen LogP contribution >= 0.6 is 31.9 Å². The van der Waals surface area contributed by atoms with Crippen LogP contribution in [0.2, 0.25) is 0 Å². The smallest absolute Gasteiger partial charge is 0.387 e. The summed E-state index contributed by atoms with van der Waals surface area (Å²) in [6.45, 7) is -2.50. The van der Waals surface area contributed by atoms with Gasteiger partial charge in [-0.2, -0.15) is 8.78 Å². The molecule has 0 atom stereocenters. The van der Waals surface area contributed by atoms with Crippen LogP contribution < -0.4 is 10.5 Å². The van der Waals surface area contributed by atoms with Gasteiger partial charge in [-0.15, -0.1) is 0 Å². The van der Waals surface area contributed by atoms with Crippen LogP contribution in [0, 0.1) is 0 Å². The summed E-state index contributed by atoms with van der Waals surface area (Å²) in [5.41, 5.74) is 6.25. The zero-order valence-electron chi connectivity index (χ0n) is 6.94. The SMILES string of the molecule is NCc1ccc(OC(F)F)c(Br)c1Br. The molecule has 0 aliphatic heterocycles. The van der Waals surface area contributed by atoms with Crippen LogP contribution in [0.15, 0.2) is 21.1 Å². The van der Waals surface area contributed by atoms with Gasteiger partial charge in [-0.05, 0) is 43.5 Å².